The molecule has 1 aliphatic rings. The summed E-state index contributed by atoms with van der Waals surface area (Å²) in [5.41, 5.74) is 3.84. The Bertz CT molecular complexity index is 1280. The SMILES string of the molecule is CCOc1ccc2nc(-n3nc(C)c4c3NC(=O)C[C@@H]4c3ccc(OC)cc3)sc2c1. The first kappa shape index (κ1) is 19.6. The van der Waals surface area contributed by atoms with E-state index < -0.39 is 0 Å². The van der Waals surface area contributed by atoms with Gasteiger partial charge in [-0.1, -0.05) is 23.5 Å². The molecule has 1 atom stereocenters. The van der Waals surface area contributed by atoms with E-state index in [1.807, 2.05) is 56.3 Å². The van der Waals surface area contributed by atoms with E-state index in [2.05, 4.69) is 5.32 Å². The molecule has 0 saturated carbocycles. The third-order valence-corrected chi connectivity index (χ3v) is 6.46. The zero-order valence-corrected chi connectivity index (χ0v) is 18.3. The molecule has 5 rings (SSSR count). The van der Waals surface area contributed by atoms with Gasteiger partial charge in [-0.2, -0.15) is 9.78 Å². The lowest BCUT2D eigenvalue weighted by Crippen LogP contribution is -2.24. The van der Waals surface area contributed by atoms with Gasteiger partial charge in [0.25, 0.3) is 0 Å². The van der Waals surface area contributed by atoms with Crippen LogP contribution in [0.4, 0.5) is 5.82 Å². The van der Waals surface area contributed by atoms with Gasteiger partial charge in [-0.15, -0.1) is 0 Å². The Morgan fingerprint density at radius 2 is 1.97 bits per heavy atom. The first-order chi connectivity index (χ1) is 15.1. The number of hydrogen-bond acceptors (Lipinski definition) is 6. The molecule has 7 nitrogen and oxygen atoms in total. The minimum atomic E-state index is -0.0673. The number of amides is 1. The monoisotopic (exact) mass is 434 g/mol. The fourth-order valence-electron chi connectivity index (χ4n) is 4.05. The first-order valence-corrected chi connectivity index (χ1v) is 11.0. The molecule has 0 aliphatic carbocycles. The van der Waals surface area contributed by atoms with Crippen molar-refractivity contribution in [2.45, 2.75) is 26.2 Å². The number of anilines is 1. The van der Waals surface area contributed by atoms with Crippen LogP contribution in [0.5, 0.6) is 11.5 Å². The summed E-state index contributed by atoms with van der Waals surface area (Å²) in [5.74, 6) is 2.20. The number of rotatable bonds is 5. The number of thiazole rings is 1. The summed E-state index contributed by atoms with van der Waals surface area (Å²) in [4.78, 5) is 17.4. The zero-order chi connectivity index (χ0) is 21.5. The summed E-state index contributed by atoms with van der Waals surface area (Å²) in [5, 5.41) is 8.49. The molecule has 4 aromatic rings. The average Bonchev–Trinajstić information content (AvgIpc) is 3.34. The number of aromatic nitrogens is 3. The highest BCUT2D eigenvalue weighted by Gasteiger charge is 2.33. The van der Waals surface area contributed by atoms with Crippen LogP contribution >= 0.6 is 11.3 Å². The van der Waals surface area contributed by atoms with Crippen LogP contribution in [0.15, 0.2) is 42.5 Å². The molecule has 3 heterocycles. The van der Waals surface area contributed by atoms with Gasteiger partial charge in [0.2, 0.25) is 11.0 Å². The fraction of sp³-hybridized carbons (Fsp3) is 0.261. The lowest BCUT2D eigenvalue weighted by atomic mass is 9.86. The van der Waals surface area contributed by atoms with Gasteiger partial charge in [-0.05, 0) is 49.7 Å². The average molecular weight is 435 g/mol. The van der Waals surface area contributed by atoms with Crippen molar-refractivity contribution in [1.82, 2.24) is 14.8 Å². The number of nitrogens with zero attached hydrogens (tertiary/aromatic N) is 3. The summed E-state index contributed by atoms with van der Waals surface area (Å²) >= 11 is 1.52. The molecule has 31 heavy (non-hydrogen) atoms. The van der Waals surface area contributed by atoms with E-state index >= 15 is 0 Å². The Kier molecular flexibility index (Phi) is 4.86. The Morgan fingerprint density at radius 1 is 1.19 bits per heavy atom. The van der Waals surface area contributed by atoms with Crippen molar-refractivity contribution in [3.05, 3.63) is 59.3 Å². The van der Waals surface area contributed by atoms with Gasteiger partial charge in [-0.25, -0.2) is 4.98 Å². The van der Waals surface area contributed by atoms with Gasteiger partial charge >= 0.3 is 0 Å². The molecular formula is C23H22N4O3S. The van der Waals surface area contributed by atoms with Crippen molar-refractivity contribution in [2.24, 2.45) is 0 Å². The fourth-order valence-corrected chi connectivity index (χ4v) is 5.00. The lowest BCUT2D eigenvalue weighted by Gasteiger charge is -2.24. The third-order valence-electron chi connectivity index (χ3n) is 5.46. The normalized spacial score (nSPS) is 15.6. The Labute approximate surface area is 183 Å². The van der Waals surface area contributed by atoms with E-state index in [9.17, 15) is 4.79 Å². The molecule has 0 unspecified atom stereocenters. The topological polar surface area (TPSA) is 78.3 Å². The molecule has 0 fully saturated rings. The highest BCUT2D eigenvalue weighted by Crippen LogP contribution is 2.41. The van der Waals surface area contributed by atoms with Crippen molar-refractivity contribution in [2.75, 3.05) is 19.0 Å². The van der Waals surface area contributed by atoms with E-state index in [0.29, 0.717) is 24.0 Å². The van der Waals surface area contributed by atoms with Crippen LogP contribution < -0.4 is 14.8 Å². The molecule has 2 aromatic heterocycles. The van der Waals surface area contributed by atoms with Crippen LogP contribution in [-0.2, 0) is 4.79 Å². The maximum absolute atomic E-state index is 12.6. The summed E-state index contributed by atoms with van der Waals surface area (Å²) in [6, 6.07) is 13.7. The van der Waals surface area contributed by atoms with Crippen LogP contribution in [0.1, 0.15) is 36.1 Å². The molecule has 1 amide bonds. The van der Waals surface area contributed by atoms with Crippen LogP contribution in [0, 0.1) is 6.92 Å². The minimum absolute atomic E-state index is 0.0331. The van der Waals surface area contributed by atoms with Gasteiger partial charge in [-0.3, -0.25) is 4.79 Å². The minimum Gasteiger partial charge on any atom is -0.497 e. The summed E-state index contributed by atoms with van der Waals surface area (Å²) in [6.45, 7) is 4.55. The predicted molar refractivity (Wildman–Crippen MR) is 121 cm³/mol. The maximum Gasteiger partial charge on any atom is 0.226 e. The summed E-state index contributed by atoms with van der Waals surface area (Å²) in [7, 11) is 1.64. The quantitative estimate of drug-likeness (QED) is 0.494. The van der Waals surface area contributed by atoms with Gasteiger partial charge in [0.1, 0.15) is 17.3 Å². The van der Waals surface area contributed by atoms with Crippen LogP contribution in [0.25, 0.3) is 15.3 Å². The van der Waals surface area contributed by atoms with Crippen molar-refractivity contribution in [3.8, 4) is 16.6 Å². The Morgan fingerprint density at radius 3 is 2.71 bits per heavy atom. The number of aryl methyl sites for hydroxylation is 1. The third kappa shape index (κ3) is 3.42. The van der Waals surface area contributed by atoms with Gasteiger partial charge in [0.15, 0.2) is 0 Å². The number of hydrogen-bond donors (Lipinski definition) is 1. The first-order valence-electron chi connectivity index (χ1n) is 10.1. The van der Waals surface area contributed by atoms with E-state index in [-0.39, 0.29) is 11.8 Å². The highest BCUT2D eigenvalue weighted by molar-refractivity contribution is 7.20. The lowest BCUT2D eigenvalue weighted by molar-refractivity contribution is -0.116. The number of fused-ring (bicyclic) bond motifs is 2. The number of methoxy groups -OCH3 is 1. The maximum atomic E-state index is 12.6. The van der Waals surface area contributed by atoms with Crippen LogP contribution in [-0.4, -0.2) is 34.4 Å². The highest BCUT2D eigenvalue weighted by atomic mass is 32.1. The van der Waals surface area contributed by atoms with Gasteiger partial charge in [0.05, 0.1) is 29.6 Å². The molecule has 0 spiro atoms. The Balaban J connectivity index is 1.59. The van der Waals surface area contributed by atoms with Gasteiger partial charge < -0.3 is 14.8 Å². The van der Waals surface area contributed by atoms with E-state index in [1.165, 1.54) is 11.3 Å². The molecule has 158 valence electrons. The summed E-state index contributed by atoms with van der Waals surface area (Å²) in [6.07, 6.45) is 0.378. The molecule has 8 heteroatoms. The number of carbonyl (C=O) groups is 1. The van der Waals surface area contributed by atoms with Crippen LogP contribution in [0.3, 0.4) is 0 Å². The summed E-state index contributed by atoms with van der Waals surface area (Å²) < 4.78 is 13.6. The van der Waals surface area contributed by atoms with Crippen molar-refractivity contribution >= 4 is 33.3 Å². The number of nitrogens with one attached hydrogen (secondary N) is 1. The van der Waals surface area contributed by atoms with E-state index in [0.717, 1.165) is 38.5 Å². The Hall–Kier alpha value is -3.39. The van der Waals surface area contributed by atoms with E-state index in [4.69, 9.17) is 19.6 Å². The second-order valence-electron chi connectivity index (χ2n) is 7.40. The second-order valence-corrected chi connectivity index (χ2v) is 8.41. The number of carbonyl (C=O) groups excluding carboxylic acids is 1. The zero-order valence-electron chi connectivity index (χ0n) is 17.5. The molecule has 1 N–H and O–H groups in total. The second kappa shape index (κ2) is 7.70. The standard InChI is InChI=1S/C23H22N4O3S/c1-4-30-16-9-10-18-19(11-16)31-23(24-18)27-22-21(13(2)26-27)17(12-20(28)25-22)14-5-7-15(29-3)8-6-14/h5-11,17H,4,12H2,1-3H3,(H,25,28)/t17-/m1/s1. The molecule has 0 saturated heterocycles. The number of ether oxygens (including phenoxy) is 2. The van der Waals surface area contributed by atoms with E-state index in [1.54, 1.807) is 11.8 Å². The van der Waals surface area contributed by atoms with Crippen molar-refractivity contribution in [3.63, 3.8) is 0 Å². The number of benzene rings is 2. The van der Waals surface area contributed by atoms with Gasteiger partial charge in [0, 0.05) is 17.9 Å². The molecule has 1 aliphatic heterocycles. The molecule has 0 bridgehead atoms. The van der Waals surface area contributed by atoms with Crippen molar-refractivity contribution in [1.29, 1.82) is 0 Å². The largest absolute Gasteiger partial charge is 0.497 e. The predicted octanol–water partition coefficient (Wildman–Crippen LogP) is 4.67. The molecular weight excluding hydrogens is 412 g/mol. The smallest absolute Gasteiger partial charge is 0.226 e. The van der Waals surface area contributed by atoms with Crippen LogP contribution in [0.2, 0.25) is 0 Å². The molecule has 0 radical (unpaired) electrons. The molecule has 2 aromatic carbocycles. The van der Waals surface area contributed by atoms with Crippen molar-refractivity contribution < 1.29 is 14.3 Å².